The Labute approximate surface area is 155 Å². The Morgan fingerprint density at radius 2 is 2.08 bits per heavy atom. The van der Waals surface area contributed by atoms with Gasteiger partial charge in [0.1, 0.15) is 0 Å². The average Bonchev–Trinajstić information content (AvgIpc) is 3.26. The molecule has 0 spiro atoms. The van der Waals surface area contributed by atoms with Crippen molar-refractivity contribution in [2.75, 3.05) is 25.0 Å². The molecule has 4 rings (SSSR count). The zero-order valence-electron chi connectivity index (χ0n) is 15.8. The van der Waals surface area contributed by atoms with Gasteiger partial charge in [0.25, 0.3) is 0 Å². The summed E-state index contributed by atoms with van der Waals surface area (Å²) in [6, 6.07) is 7.34. The highest BCUT2D eigenvalue weighted by molar-refractivity contribution is 6.00. The van der Waals surface area contributed by atoms with Gasteiger partial charge >= 0.3 is 0 Å². The van der Waals surface area contributed by atoms with Crippen LogP contribution in [-0.4, -0.2) is 48.9 Å². The molecule has 1 saturated heterocycles. The van der Waals surface area contributed by atoms with Crippen molar-refractivity contribution in [2.24, 2.45) is 5.92 Å². The molecule has 1 saturated carbocycles. The van der Waals surface area contributed by atoms with Crippen molar-refractivity contribution in [3.63, 3.8) is 0 Å². The highest BCUT2D eigenvalue weighted by Crippen LogP contribution is 2.31. The van der Waals surface area contributed by atoms with Crippen LogP contribution in [0.1, 0.15) is 43.7 Å². The number of nitrogens with one attached hydrogen (secondary N) is 1. The van der Waals surface area contributed by atoms with Gasteiger partial charge in [-0.05, 0) is 69.3 Å². The predicted molar refractivity (Wildman–Crippen MR) is 102 cm³/mol. The average molecular weight is 355 g/mol. The summed E-state index contributed by atoms with van der Waals surface area (Å²) in [5.41, 5.74) is 3.72. The Morgan fingerprint density at radius 3 is 2.85 bits per heavy atom. The van der Waals surface area contributed by atoms with E-state index >= 15 is 0 Å². The molecule has 2 unspecified atom stereocenters. The minimum absolute atomic E-state index is 0.0121. The Hall–Kier alpha value is -1.88. The molecule has 3 aliphatic rings. The number of aryl methyl sites for hydroxylation is 2. The highest BCUT2D eigenvalue weighted by atomic mass is 16.2. The molecule has 1 aromatic rings. The summed E-state index contributed by atoms with van der Waals surface area (Å²) >= 11 is 0. The second-order valence-corrected chi connectivity index (χ2v) is 8.20. The molecule has 5 nitrogen and oxygen atoms in total. The van der Waals surface area contributed by atoms with Crippen LogP contribution >= 0.6 is 0 Å². The summed E-state index contributed by atoms with van der Waals surface area (Å²) in [6.45, 7) is 3.29. The van der Waals surface area contributed by atoms with Crippen LogP contribution in [0.4, 0.5) is 5.69 Å². The first-order chi connectivity index (χ1) is 12.5. The predicted octanol–water partition coefficient (Wildman–Crippen LogP) is 2.13. The summed E-state index contributed by atoms with van der Waals surface area (Å²) in [7, 11) is 2.13. The van der Waals surface area contributed by atoms with Crippen molar-refractivity contribution >= 4 is 17.5 Å². The first-order valence-electron chi connectivity index (χ1n) is 9.94. The van der Waals surface area contributed by atoms with Crippen LogP contribution in [0.25, 0.3) is 0 Å². The highest BCUT2D eigenvalue weighted by Gasteiger charge is 2.36. The third-order valence-electron chi connectivity index (χ3n) is 6.28. The minimum Gasteiger partial charge on any atom is -0.354 e. The molecule has 2 aliphatic carbocycles. The maximum atomic E-state index is 12.6. The molecule has 5 heteroatoms. The Bertz CT molecular complexity index is 713. The lowest BCUT2D eigenvalue weighted by atomic mass is 10.1. The Morgan fingerprint density at radius 1 is 1.31 bits per heavy atom. The second-order valence-electron chi connectivity index (χ2n) is 8.20. The van der Waals surface area contributed by atoms with Crippen molar-refractivity contribution in [2.45, 2.75) is 57.5 Å². The van der Waals surface area contributed by atoms with E-state index in [1.165, 1.54) is 30.4 Å². The zero-order valence-corrected chi connectivity index (χ0v) is 15.8. The van der Waals surface area contributed by atoms with Gasteiger partial charge in [0.15, 0.2) is 0 Å². The second kappa shape index (κ2) is 7.03. The molecule has 0 bridgehead atoms. The van der Waals surface area contributed by atoms with Gasteiger partial charge in [0, 0.05) is 37.3 Å². The normalized spacial score (nSPS) is 23.4. The van der Waals surface area contributed by atoms with Gasteiger partial charge in [0.2, 0.25) is 11.8 Å². The number of benzene rings is 1. The van der Waals surface area contributed by atoms with Gasteiger partial charge in [-0.3, -0.25) is 14.5 Å². The summed E-state index contributed by atoms with van der Waals surface area (Å²) in [5.74, 6) is -0.168. The molecule has 0 radical (unpaired) electrons. The van der Waals surface area contributed by atoms with Crippen LogP contribution in [-0.2, 0) is 22.4 Å². The van der Waals surface area contributed by atoms with E-state index in [1.807, 2.05) is 6.07 Å². The van der Waals surface area contributed by atoms with Crippen LogP contribution in [0.15, 0.2) is 18.2 Å². The standard InChI is InChI=1S/C21H29N3O2/c1-14(23(2)18-8-9-18)12-22-21(26)17-11-20(25)24(13-17)19-7-6-15-4-3-5-16(15)10-19/h6-7,10,14,17-18H,3-5,8-9,11-13H2,1-2H3,(H,22,26). The molecule has 1 aromatic carbocycles. The number of nitrogens with zero attached hydrogens (tertiary/aromatic N) is 2. The first-order valence-corrected chi connectivity index (χ1v) is 9.94. The van der Waals surface area contributed by atoms with E-state index < -0.39 is 0 Å². The maximum Gasteiger partial charge on any atom is 0.227 e. The van der Waals surface area contributed by atoms with Crippen molar-refractivity contribution in [1.82, 2.24) is 10.2 Å². The number of rotatable bonds is 6. The van der Waals surface area contributed by atoms with E-state index in [2.05, 4.69) is 36.3 Å². The fourth-order valence-corrected chi connectivity index (χ4v) is 4.24. The van der Waals surface area contributed by atoms with E-state index in [4.69, 9.17) is 0 Å². The van der Waals surface area contributed by atoms with Gasteiger partial charge in [-0.15, -0.1) is 0 Å². The monoisotopic (exact) mass is 355 g/mol. The number of anilines is 1. The number of likely N-dealkylation sites (N-methyl/N-ethyl adjacent to an activating group) is 1. The Kier molecular flexibility index (Phi) is 4.74. The lowest BCUT2D eigenvalue weighted by molar-refractivity contribution is -0.126. The molecule has 2 amide bonds. The van der Waals surface area contributed by atoms with E-state index in [9.17, 15) is 9.59 Å². The fraction of sp³-hybridized carbons (Fsp3) is 0.619. The molecule has 1 aliphatic heterocycles. The smallest absolute Gasteiger partial charge is 0.227 e. The minimum atomic E-state index is -0.241. The van der Waals surface area contributed by atoms with E-state index in [1.54, 1.807) is 4.90 Å². The molecule has 2 atom stereocenters. The van der Waals surface area contributed by atoms with Gasteiger partial charge in [0.05, 0.1) is 5.92 Å². The van der Waals surface area contributed by atoms with E-state index in [0.717, 1.165) is 18.5 Å². The zero-order chi connectivity index (χ0) is 18.3. The third-order valence-corrected chi connectivity index (χ3v) is 6.28. The van der Waals surface area contributed by atoms with Crippen molar-refractivity contribution < 1.29 is 9.59 Å². The van der Waals surface area contributed by atoms with Crippen LogP contribution in [0, 0.1) is 5.92 Å². The summed E-state index contributed by atoms with van der Waals surface area (Å²) in [4.78, 5) is 29.2. The molecular formula is C21H29N3O2. The van der Waals surface area contributed by atoms with Gasteiger partial charge < -0.3 is 10.2 Å². The van der Waals surface area contributed by atoms with Crippen molar-refractivity contribution in [3.8, 4) is 0 Å². The number of fused-ring (bicyclic) bond motifs is 1. The van der Waals surface area contributed by atoms with Gasteiger partial charge in [-0.2, -0.15) is 0 Å². The van der Waals surface area contributed by atoms with Crippen LogP contribution < -0.4 is 10.2 Å². The number of hydrogen-bond acceptors (Lipinski definition) is 3. The van der Waals surface area contributed by atoms with Gasteiger partial charge in [-0.25, -0.2) is 0 Å². The first kappa shape index (κ1) is 17.5. The molecule has 26 heavy (non-hydrogen) atoms. The molecular weight excluding hydrogens is 326 g/mol. The van der Waals surface area contributed by atoms with E-state index in [0.29, 0.717) is 31.6 Å². The van der Waals surface area contributed by atoms with Crippen LogP contribution in [0.5, 0.6) is 0 Å². The van der Waals surface area contributed by atoms with Gasteiger partial charge in [-0.1, -0.05) is 6.07 Å². The largest absolute Gasteiger partial charge is 0.354 e. The molecule has 2 fully saturated rings. The van der Waals surface area contributed by atoms with Crippen molar-refractivity contribution in [1.29, 1.82) is 0 Å². The number of amides is 2. The lowest BCUT2D eigenvalue weighted by Gasteiger charge is -2.25. The molecule has 1 N–H and O–H groups in total. The molecule has 140 valence electrons. The fourth-order valence-electron chi connectivity index (χ4n) is 4.24. The van der Waals surface area contributed by atoms with Crippen LogP contribution in [0.2, 0.25) is 0 Å². The number of hydrogen-bond donors (Lipinski definition) is 1. The van der Waals surface area contributed by atoms with Crippen LogP contribution in [0.3, 0.4) is 0 Å². The maximum absolute atomic E-state index is 12.6. The molecule has 1 heterocycles. The Balaban J connectivity index is 1.34. The third kappa shape index (κ3) is 3.50. The topological polar surface area (TPSA) is 52.7 Å². The summed E-state index contributed by atoms with van der Waals surface area (Å²) in [5, 5.41) is 3.06. The molecule has 0 aromatic heterocycles. The number of carbonyl (C=O) groups excluding carboxylic acids is 2. The number of carbonyl (C=O) groups is 2. The SMILES string of the molecule is CC(CNC(=O)C1CC(=O)N(c2ccc3c(c2)CCC3)C1)N(C)C1CC1. The quantitative estimate of drug-likeness (QED) is 0.850. The van der Waals surface area contributed by atoms with Crippen molar-refractivity contribution in [3.05, 3.63) is 29.3 Å². The summed E-state index contributed by atoms with van der Waals surface area (Å²) < 4.78 is 0. The lowest BCUT2D eigenvalue weighted by Crippen LogP contribution is -2.43. The van der Waals surface area contributed by atoms with E-state index in [-0.39, 0.29) is 17.7 Å². The summed E-state index contributed by atoms with van der Waals surface area (Å²) in [6.07, 6.45) is 6.29.